The summed E-state index contributed by atoms with van der Waals surface area (Å²) in [6.45, 7) is 9.63. The lowest BCUT2D eigenvalue weighted by Gasteiger charge is -2.22. The maximum absolute atomic E-state index is 12.8. The highest BCUT2D eigenvalue weighted by molar-refractivity contribution is 5.99. The van der Waals surface area contributed by atoms with Crippen molar-refractivity contribution in [1.29, 1.82) is 0 Å². The maximum Gasteiger partial charge on any atom is 0.329 e. The van der Waals surface area contributed by atoms with Crippen LogP contribution in [0, 0.1) is 27.7 Å². The van der Waals surface area contributed by atoms with Gasteiger partial charge in [0.05, 0.1) is 28.4 Å². The first-order valence-electron chi connectivity index (χ1n) is 13.8. The van der Waals surface area contributed by atoms with Gasteiger partial charge in [-0.25, -0.2) is 9.59 Å². The molecule has 0 saturated heterocycles. The molecular formula is C35H48N2O8. The van der Waals surface area contributed by atoms with Crippen LogP contribution in [-0.2, 0) is 19.1 Å². The second-order valence-corrected chi connectivity index (χ2v) is 10.5. The zero-order valence-electron chi connectivity index (χ0n) is 26.3. The van der Waals surface area contributed by atoms with Gasteiger partial charge in [0.25, 0.3) is 11.8 Å². The molecule has 0 radical (unpaired) electrons. The van der Waals surface area contributed by atoms with Gasteiger partial charge in [0, 0.05) is 29.9 Å². The molecule has 2 aromatic carbocycles. The van der Waals surface area contributed by atoms with E-state index in [1.165, 1.54) is 24.0 Å². The minimum absolute atomic E-state index is 0. The molecule has 2 aliphatic heterocycles. The van der Waals surface area contributed by atoms with E-state index < -0.39 is 24.0 Å². The van der Waals surface area contributed by atoms with Crippen molar-refractivity contribution in [2.75, 3.05) is 28.4 Å². The Morgan fingerprint density at radius 2 is 1.11 bits per heavy atom. The zero-order chi connectivity index (χ0) is 32.0. The molecule has 2 aliphatic rings. The minimum Gasteiger partial charge on any atom is -0.496 e. The summed E-state index contributed by atoms with van der Waals surface area (Å²) < 4.78 is 20.1. The van der Waals surface area contributed by atoms with Crippen molar-refractivity contribution in [3.63, 3.8) is 0 Å². The number of carbonyl (C=O) groups is 4. The van der Waals surface area contributed by atoms with Crippen LogP contribution in [0.2, 0.25) is 0 Å². The number of hydrogen-bond donors (Lipinski definition) is 0. The van der Waals surface area contributed by atoms with Crippen molar-refractivity contribution >= 4 is 23.8 Å². The lowest BCUT2D eigenvalue weighted by atomic mass is 10.0. The molecule has 0 bridgehead atoms. The summed E-state index contributed by atoms with van der Waals surface area (Å²) in [6, 6.07) is 5.85. The Balaban J connectivity index is 0.000000431. The number of hydrogen-bond acceptors (Lipinski definition) is 8. The van der Waals surface area contributed by atoms with E-state index in [1.54, 1.807) is 50.9 Å². The number of methoxy groups -OCH3 is 4. The summed E-state index contributed by atoms with van der Waals surface area (Å²) in [4.78, 5) is 51.9. The van der Waals surface area contributed by atoms with Crippen molar-refractivity contribution in [3.05, 3.63) is 81.7 Å². The molecule has 0 saturated carbocycles. The van der Waals surface area contributed by atoms with E-state index in [-0.39, 0.29) is 26.7 Å². The van der Waals surface area contributed by atoms with E-state index in [2.05, 4.69) is 0 Å². The smallest absolute Gasteiger partial charge is 0.329 e. The normalized spacial score (nSPS) is 16.3. The molecule has 0 fully saturated rings. The fourth-order valence-corrected chi connectivity index (χ4v) is 5.02. The summed E-state index contributed by atoms with van der Waals surface area (Å²) in [5.74, 6) is 0.0459. The van der Waals surface area contributed by atoms with E-state index >= 15 is 0 Å². The first kappa shape index (κ1) is 38.4. The topological polar surface area (TPSA) is 112 Å². The monoisotopic (exact) mass is 624 g/mol. The van der Waals surface area contributed by atoms with Gasteiger partial charge in [-0.3, -0.25) is 9.59 Å². The molecule has 10 heteroatoms. The maximum atomic E-state index is 12.8. The second kappa shape index (κ2) is 16.5. The van der Waals surface area contributed by atoms with E-state index in [9.17, 15) is 19.2 Å². The van der Waals surface area contributed by atoms with E-state index in [0.717, 1.165) is 27.8 Å². The zero-order valence-corrected chi connectivity index (χ0v) is 26.3. The number of ether oxygens (including phenoxy) is 4. The molecule has 0 aliphatic carbocycles. The lowest BCUT2D eigenvalue weighted by Crippen LogP contribution is -2.39. The highest BCUT2D eigenvalue weighted by atomic mass is 16.5. The first-order chi connectivity index (χ1) is 20.4. The van der Waals surface area contributed by atoms with E-state index in [4.69, 9.17) is 18.9 Å². The molecular weight excluding hydrogens is 576 g/mol. The van der Waals surface area contributed by atoms with E-state index in [1.807, 2.05) is 40.7 Å². The predicted molar refractivity (Wildman–Crippen MR) is 174 cm³/mol. The molecule has 45 heavy (non-hydrogen) atoms. The van der Waals surface area contributed by atoms with Crippen LogP contribution < -0.4 is 9.47 Å². The number of aryl methyl sites for hydroxylation is 2. The van der Waals surface area contributed by atoms with Gasteiger partial charge in [-0.1, -0.05) is 26.5 Å². The Kier molecular flexibility index (Phi) is 14.1. The second-order valence-electron chi connectivity index (χ2n) is 10.5. The van der Waals surface area contributed by atoms with Crippen molar-refractivity contribution in [2.24, 2.45) is 0 Å². The van der Waals surface area contributed by atoms with Gasteiger partial charge in [-0.2, -0.15) is 0 Å². The highest BCUT2D eigenvalue weighted by Crippen LogP contribution is 2.29. The molecule has 2 amide bonds. The summed E-state index contributed by atoms with van der Waals surface area (Å²) in [7, 11) is 5.80. The van der Waals surface area contributed by atoms with Crippen molar-refractivity contribution in [1.82, 2.24) is 9.80 Å². The van der Waals surface area contributed by atoms with Crippen molar-refractivity contribution < 1.29 is 38.1 Å². The molecule has 0 N–H and O–H groups in total. The quantitative estimate of drug-likeness (QED) is 0.355. The van der Waals surface area contributed by atoms with Gasteiger partial charge < -0.3 is 28.7 Å². The molecule has 0 spiro atoms. The van der Waals surface area contributed by atoms with Gasteiger partial charge >= 0.3 is 11.9 Å². The Hall–Kier alpha value is -4.60. The Bertz CT molecular complexity index is 1480. The molecule has 0 aromatic heterocycles. The number of rotatable bonds is 6. The van der Waals surface area contributed by atoms with Crippen LogP contribution in [0.15, 0.2) is 48.3 Å². The Morgan fingerprint density at radius 3 is 1.56 bits per heavy atom. The van der Waals surface area contributed by atoms with Gasteiger partial charge in [0.2, 0.25) is 0 Å². The molecule has 4 rings (SSSR count). The highest BCUT2D eigenvalue weighted by Gasteiger charge is 2.35. The van der Waals surface area contributed by atoms with Crippen molar-refractivity contribution in [2.45, 2.75) is 74.4 Å². The number of carbonyl (C=O) groups excluding carboxylic acids is 4. The van der Waals surface area contributed by atoms with Gasteiger partial charge in [0.15, 0.2) is 0 Å². The summed E-state index contributed by atoms with van der Waals surface area (Å²) in [5, 5.41) is 0. The number of benzene rings is 2. The average molecular weight is 625 g/mol. The Labute approximate surface area is 267 Å². The lowest BCUT2D eigenvalue weighted by molar-refractivity contribution is -0.145. The van der Waals surface area contributed by atoms with E-state index in [0.29, 0.717) is 35.5 Å². The van der Waals surface area contributed by atoms with Crippen LogP contribution in [0.25, 0.3) is 0 Å². The number of nitrogens with zero attached hydrogens (tertiary/aromatic N) is 2. The summed E-state index contributed by atoms with van der Waals surface area (Å²) in [6.07, 6.45) is 6.11. The molecule has 2 atom stereocenters. The fraction of sp³-hybridized carbons (Fsp3) is 0.429. The van der Waals surface area contributed by atoms with Crippen LogP contribution in [0.1, 0.15) is 77.6 Å². The van der Waals surface area contributed by atoms with Crippen LogP contribution in [0.3, 0.4) is 0 Å². The summed E-state index contributed by atoms with van der Waals surface area (Å²) in [5.41, 5.74) is 5.90. The largest absolute Gasteiger partial charge is 0.496 e. The van der Waals surface area contributed by atoms with Gasteiger partial charge in [-0.15, -0.1) is 0 Å². The van der Waals surface area contributed by atoms with Gasteiger partial charge in [-0.05, 0) is 87.6 Å². The van der Waals surface area contributed by atoms with Gasteiger partial charge in [0.1, 0.15) is 23.6 Å². The third-order valence-corrected chi connectivity index (χ3v) is 7.76. The van der Waals surface area contributed by atoms with Crippen LogP contribution >= 0.6 is 0 Å². The first-order valence-corrected chi connectivity index (χ1v) is 13.8. The Morgan fingerprint density at radius 1 is 0.667 bits per heavy atom. The molecule has 10 nitrogen and oxygen atoms in total. The standard InChI is InChI=1S/C17H21NO4.C16H19NO4.2CH4/c1-10-6-14(17(20)22-5)18(9-10)16(19)13-7-11(2)12(3)15(8-13)21-4;1-10-8-12(9-14(20-3)11(10)2)15(18)17-7-5-6-13(17)16(19)21-4;;/h7-9,14H,6H2,1-5H3;5,7-9,13H,6H2,1-4H3;2*1H4/t14-;13-;;/m00../s1. The number of esters is 2. The minimum atomic E-state index is -0.592. The third-order valence-electron chi connectivity index (χ3n) is 7.76. The molecule has 246 valence electrons. The van der Waals surface area contributed by atoms with Crippen LogP contribution in [-0.4, -0.2) is 74.1 Å². The van der Waals surface area contributed by atoms with Crippen LogP contribution in [0.5, 0.6) is 11.5 Å². The predicted octanol–water partition coefficient (Wildman–Crippen LogP) is 6.09. The molecule has 0 unspecified atom stereocenters. The van der Waals surface area contributed by atoms with Crippen LogP contribution in [0.4, 0.5) is 0 Å². The summed E-state index contributed by atoms with van der Waals surface area (Å²) >= 11 is 0. The van der Waals surface area contributed by atoms with Crippen molar-refractivity contribution in [3.8, 4) is 11.5 Å². The number of amides is 2. The molecule has 2 heterocycles. The SMILES string of the molecule is C.C.COC(=O)[C@@H]1CC(C)=CN1C(=O)c1cc(C)c(C)c(OC)c1.COC(=O)[C@@H]1CC=CN1C(=O)c1cc(C)c(C)c(OC)c1. The third kappa shape index (κ3) is 8.32. The average Bonchev–Trinajstić information content (AvgIpc) is 3.65. The molecule has 2 aromatic rings. The fourth-order valence-electron chi connectivity index (χ4n) is 5.02.